The fourth-order valence-electron chi connectivity index (χ4n) is 2.95. The van der Waals surface area contributed by atoms with E-state index in [9.17, 15) is 4.79 Å². The fraction of sp³-hybridized carbons (Fsp3) is 0.348. The zero-order chi connectivity index (χ0) is 20.9. The average Bonchev–Trinajstić information content (AvgIpc) is 2.66. The van der Waals surface area contributed by atoms with Gasteiger partial charge in [0, 0.05) is 11.1 Å². The van der Waals surface area contributed by atoms with Crippen LogP contribution in [0.25, 0.3) is 0 Å². The second kappa shape index (κ2) is 8.83. The molecule has 0 aliphatic heterocycles. The Hall–Kier alpha value is -2.95. The first kappa shape index (κ1) is 21.4. The van der Waals surface area contributed by atoms with E-state index in [1.807, 2.05) is 18.2 Å². The fourth-order valence-corrected chi connectivity index (χ4v) is 2.95. The highest BCUT2D eigenvalue weighted by Crippen LogP contribution is 2.35. The lowest BCUT2D eigenvalue weighted by Crippen LogP contribution is -2.16. The molecule has 0 spiro atoms. The number of allylic oxidation sites excluding steroid dienone is 1. The summed E-state index contributed by atoms with van der Waals surface area (Å²) in [5, 5.41) is 2.96. The van der Waals surface area contributed by atoms with Crippen molar-refractivity contribution in [3.63, 3.8) is 0 Å². The molecule has 0 heterocycles. The van der Waals surface area contributed by atoms with Crippen molar-refractivity contribution in [1.82, 2.24) is 0 Å². The lowest BCUT2D eigenvalue weighted by molar-refractivity contribution is 0.102. The molecule has 1 amide bonds. The molecule has 0 saturated heterocycles. The Morgan fingerprint density at radius 2 is 1.71 bits per heavy atom. The number of ether oxygens (including phenoxy) is 3. The van der Waals surface area contributed by atoms with Gasteiger partial charge >= 0.3 is 0 Å². The lowest BCUT2D eigenvalue weighted by Gasteiger charge is -2.21. The predicted molar refractivity (Wildman–Crippen MR) is 113 cm³/mol. The van der Waals surface area contributed by atoms with Crippen LogP contribution in [0.4, 0.5) is 5.69 Å². The first-order valence-corrected chi connectivity index (χ1v) is 9.10. The van der Waals surface area contributed by atoms with Crippen LogP contribution in [0.5, 0.6) is 17.2 Å². The van der Waals surface area contributed by atoms with Gasteiger partial charge in [-0.1, -0.05) is 32.9 Å². The van der Waals surface area contributed by atoms with Gasteiger partial charge in [0.05, 0.1) is 27.0 Å². The van der Waals surface area contributed by atoms with Crippen LogP contribution in [-0.2, 0) is 11.8 Å². The molecule has 5 nitrogen and oxygen atoms in total. The minimum atomic E-state index is -0.254. The molecule has 5 heteroatoms. The number of rotatable bonds is 7. The normalized spacial score (nSPS) is 10.9. The zero-order valence-electron chi connectivity index (χ0n) is 17.5. The molecular formula is C23H29NO4. The summed E-state index contributed by atoms with van der Waals surface area (Å²) in [5.41, 5.74) is 2.98. The van der Waals surface area contributed by atoms with Gasteiger partial charge in [0.2, 0.25) is 0 Å². The van der Waals surface area contributed by atoms with Crippen molar-refractivity contribution in [3.05, 3.63) is 59.7 Å². The summed E-state index contributed by atoms with van der Waals surface area (Å²) in [6, 6.07) is 9.28. The number of hydrogen-bond acceptors (Lipinski definition) is 4. The first-order chi connectivity index (χ1) is 13.2. The van der Waals surface area contributed by atoms with Gasteiger partial charge < -0.3 is 19.5 Å². The highest BCUT2D eigenvalue weighted by Gasteiger charge is 2.19. The Labute approximate surface area is 167 Å². The third-order valence-corrected chi connectivity index (χ3v) is 4.50. The quantitative estimate of drug-likeness (QED) is 0.684. The van der Waals surface area contributed by atoms with Crippen molar-refractivity contribution in [2.45, 2.75) is 32.6 Å². The molecule has 0 unspecified atom stereocenters. The van der Waals surface area contributed by atoms with Gasteiger partial charge in [-0.3, -0.25) is 4.79 Å². The third-order valence-electron chi connectivity index (χ3n) is 4.50. The van der Waals surface area contributed by atoms with Gasteiger partial charge in [-0.25, -0.2) is 0 Å². The Bertz CT molecular complexity index is 866. The van der Waals surface area contributed by atoms with Crippen molar-refractivity contribution < 1.29 is 19.0 Å². The molecule has 2 aromatic carbocycles. The molecule has 1 N–H and O–H groups in total. The summed E-state index contributed by atoms with van der Waals surface area (Å²) < 4.78 is 16.3. The van der Waals surface area contributed by atoms with Crippen LogP contribution in [0.3, 0.4) is 0 Å². The van der Waals surface area contributed by atoms with E-state index in [2.05, 4.69) is 32.7 Å². The summed E-state index contributed by atoms with van der Waals surface area (Å²) in [4.78, 5) is 13.0. The maximum atomic E-state index is 13.0. The van der Waals surface area contributed by atoms with E-state index in [0.717, 1.165) is 11.1 Å². The van der Waals surface area contributed by atoms with E-state index in [1.54, 1.807) is 39.5 Å². The van der Waals surface area contributed by atoms with Crippen molar-refractivity contribution >= 4 is 11.6 Å². The first-order valence-electron chi connectivity index (χ1n) is 9.10. The number of benzene rings is 2. The number of amides is 1. The number of nitrogens with one attached hydrogen (secondary N) is 1. The molecule has 0 aromatic heterocycles. The van der Waals surface area contributed by atoms with Gasteiger partial charge in [0.1, 0.15) is 5.75 Å². The van der Waals surface area contributed by atoms with Crippen molar-refractivity contribution in [2.75, 3.05) is 26.6 Å². The van der Waals surface area contributed by atoms with Crippen LogP contribution in [0.1, 0.15) is 42.3 Å². The molecular weight excluding hydrogens is 354 g/mol. The Kier molecular flexibility index (Phi) is 6.73. The molecule has 0 bridgehead atoms. The maximum Gasteiger partial charge on any atom is 0.255 e. The number of hydrogen-bond donors (Lipinski definition) is 1. The van der Waals surface area contributed by atoms with Gasteiger partial charge in [-0.15, -0.1) is 6.58 Å². The monoisotopic (exact) mass is 383 g/mol. The lowest BCUT2D eigenvalue weighted by atomic mass is 9.87. The highest BCUT2D eigenvalue weighted by molar-refractivity contribution is 6.05. The molecule has 150 valence electrons. The Morgan fingerprint density at radius 1 is 1.04 bits per heavy atom. The summed E-state index contributed by atoms with van der Waals surface area (Å²) in [6.07, 6.45) is 2.32. The van der Waals surface area contributed by atoms with Crippen LogP contribution in [0.2, 0.25) is 0 Å². The standard InChI is InChI=1S/C23H29NO4/c1-8-9-15-12-16(13-20(27-6)21(15)28-7)22(25)24-18-14-17(23(2,3)4)10-11-19(18)26-5/h8,10-14H,1,9H2,2-7H3,(H,24,25). The van der Waals surface area contributed by atoms with E-state index in [-0.39, 0.29) is 11.3 Å². The zero-order valence-corrected chi connectivity index (χ0v) is 17.5. The van der Waals surface area contributed by atoms with Gasteiger partial charge in [0.25, 0.3) is 5.91 Å². The predicted octanol–water partition coefficient (Wildman–Crippen LogP) is 4.99. The van der Waals surface area contributed by atoms with Crippen LogP contribution in [0, 0.1) is 0 Å². The number of anilines is 1. The van der Waals surface area contributed by atoms with Crippen LogP contribution >= 0.6 is 0 Å². The number of methoxy groups -OCH3 is 3. The highest BCUT2D eigenvalue weighted by atomic mass is 16.5. The van der Waals surface area contributed by atoms with Crippen molar-refractivity contribution in [2.24, 2.45) is 0 Å². The smallest absolute Gasteiger partial charge is 0.255 e. The number of carbonyl (C=O) groups is 1. The average molecular weight is 383 g/mol. The number of carbonyl (C=O) groups excluding carboxylic acids is 1. The molecule has 0 atom stereocenters. The molecule has 28 heavy (non-hydrogen) atoms. The summed E-state index contributed by atoms with van der Waals surface area (Å²) in [7, 11) is 4.71. The topological polar surface area (TPSA) is 56.8 Å². The maximum absolute atomic E-state index is 13.0. The summed E-state index contributed by atoms with van der Waals surface area (Å²) >= 11 is 0. The van der Waals surface area contributed by atoms with E-state index < -0.39 is 0 Å². The molecule has 0 saturated carbocycles. The summed E-state index contributed by atoms with van der Waals surface area (Å²) in [5.74, 6) is 1.46. The minimum absolute atomic E-state index is 0.0494. The molecule has 0 fully saturated rings. The van der Waals surface area contributed by atoms with Gasteiger partial charge in [-0.2, -0.15) is 0 Å². The van der Waals surface area contributed by atoms with E-state index in [0.29, 0.717) is 34.9 Å². The second-order valence-corrected chi connectivity index (χ2v) is 7.48. The van der Waals surface area contributed by atoms with Crippen LogP contribution in [0.15, 0.2) is 43.0 Å². The molecule has 0 aliphatic carbocycles. The minimum Gasteiger partial charge on any atom is -0.495 e. The molecule has 2 rings (SSSR count). The van der Waals surface area contributed by atoms with Gasteiger partial charge in [0.15, 0.2) is 11.5 Å². The van der Waals surface area contributed by atoms with E-state index in [1.165, 1.54) is 0 Å². The van der Waals surface area contributed by atoms with Crippen molar-refractivity contribution in [3.8, 4) is 17.2 Å². The van der Waals surface area contributed by atoms with Crippen molar-refractivity contribution in [1.29, 1.82) is 0 Å². The third kappa shape index (κ3) is 4.66. The SMILES string of the molecule is C=CCc1cc(C(=O)Nc2cc(C(C)(C)C)ccc2OC)cc(OC)c1OC. The molecule has 0 radical (unpaired) electrons. The Balaban J connectivity index is 2.45. The van der Waals surface area contributed by atoms with Crippen LogP contribution < -0.4 is 19.5 Å². The molecule has 0 aliphatic rings. The second-order valence-electron chi connectivity index (χ2n) is 7.48. The van der Waals surface area contributed by atoms with Gasteiger partial charge in [-0.05, 0) is 41.7 Å². The summed E-state index contributed by atoms with van der Waals surface area (Å²) in [6.45, 7) is 10.1. The van der Waals surface area contributed by atoms with E-state index >= 15 is 0 Å². The van der Waals surface area contributed by atoms with Crippen LogP contribution in [-0.4, -0.2) is 27.2 Å². The molecule has 2 aromatic rings. The largest absolute Gasteiger partial charge is 0.495 e. The van der Waals surface area contributed by atoms with E-state index in [4.69, 9.17) is 14.2 Å². The Morgan fingerprint density at radius 3 is 2.25 bits per heavy atom.